The molecule has 3 N–H and O–H groups in total. The van der Waals surface area contributed by atoms with Gasteiger partial charge in [0.25, 0.3) is 0 Å². The molecule has 0 unspecified atom stereocenters. The Morgan fingerprint density at radius 3 is 2.65 bits per heavy atom. The second-order valence-electron chi connectivity index (χ2n) is 7.57. The van der Waals surface area contributed by atoms with Crippen LogP contribution in [-0.4, -0.2) is 43.8 Å². The van der Waals surface area contributed by atoms with Gasteiger partial charge in [-0.25, -0.2) is 15.0 Å². The number of nitrogen functional groups attached to an aromatic ring is 1. The van der Waals surface area contributed by atoms with Gasteiger partial charge < -0.3 is 15.6 Å². The third-order valence-corrected chi connectivity index (χ3v) is 5.50. The fourth-order valence-corrected chi connectivity index (χ4v) is 3.80. The van der Waals surface area contributed by atoms with Gasteiger partial charge in [-0.2, -0.15) is 0 Å². The molecule has 1 amide bonds. The maximum Gasteiger partial charge on any atom is 0.227 e. The number of fused-ring (bicyclic) bond motifs is 1. The third kappa shape index (κ3) is 3.90. The van der Waals surface area contributed by atoms with E-state index in [1.165, 1.54) is 0 Å². The molecule has 31 heavy (non-hydrogen) atoms. The summed E-state index contributed by atoms with van der Waals surface area (Å²) in [6, 6.07) is 17.6. The van der Waals surface area contributed by atoms with Crippen molar-refractivity contribution in [3.63, 3.8) is 0 Å². The van der Waals surface area contributed by atoms with E-state index in [-0.39, 0.29) is 5.91 Å². The first-order chi connectivity index (χ1) is 15.2. The number of H-pyrrole nitrogens is 1. The number of carbonyl (C=O) groups excluding carboxylic acids is 1. The lowest BCUT2D eigenvalue weighted by atomic mass is 10.0. The maximum absolute atomic E-state index is 12.6. The fourth-order valence-electron chi connectivity index (χ4n) is 3.80. The van der Waals surface area contributed by atoms with Gasteiger partial charge in [0, 0.05) is 13.1 Å². The number of nitrogens with two attached hydrogens (primary N) is 1. The second kappa shape index (κ2) is 8.02. The molecule has 154 valence electrons. The van der Waals surface area contributed by atoms with Crippen molar-refractivity contribution in [2.24, 2.45) is 0 Å². The summed E-state index contributed by atoms with van der Waals surface area (Å²) >= 11 is 0. The zero-order valence-corrected chi connectivity index (χ0v) is 17.0. The Kier molecular flexibility index (Phi) is 4.92. The second-order valence-corrected chi connectivity index (χ2v) is 7.57. The minimum absolute atomic E-state index is 0.132. The van der Waals surface area contributed by atoms with Crippen LogP contribution in [0.1, 0.15) is 17.7 Å². The first kappa shape index (κ1) is 19.0. The van der Waals surface area contributed by atoms with Crippen molar-refractivity contribution in [3.05, 3.63) is 78.1 Å². The Morgan fingerprint density at radius 2 is 1.87 bits per heavy atom. The van der Waals surface area contributed by atoms with Gasteiger partial charge >= 0.3 is 0 Å². The van der Waals surface area contributed by atoms with Gasteiger partial charge in [-0.15, -0.1) is 0 Å². The van der Waals surface area contributed by atoms with Crippen LogP contribution >= 0.6 is 0 Å². The van der Waals surface area contributed by atoms with Gasteiger partial charge in [0.05, 0.1) is 29.3 Å². The molecule has 0 atom stereocenters. The van der Waals surface area contributed by atoms with Crippen molar-refractivity contribution in [1.29, 1.82) is 0 Å². The molecule has 0 saturated heterocycles. The van der Waals surface area contributed by atoms with Crippen molar-refractivity contribution >= 4 is 28.3 Å². The minimum atomic E-state index is 0.132. The number of rotatable bonds is 4. The third-order valence-electron chi connectivity index (χ3n) is 5.50. The van der Waals surface area contributed by atoms with Crippen molar-refractivity contribution < 1.29 is 4.79 Å². The Labute approximate surface area is 179 Å². The normalized spacial score (nSPS) is 13.9. The van der Waals surface area contributed by atoms with Crippen LogP contribution in [0.15, 0.2) is 66.9 Å². The Balaban J connectivity index is 1.35. The summed E-state index contributed by atoms with van der Waals surface area (Å²) in [6.45, 7) is 1.22. The van der Waals surface area contributed by atoms with E-state index in [2.05, 4.69) is 21.0 Å². The van der Waals surface area contributed by atoms with Crippen LogP contribution in [0.2, 0.25) is 0 Å². The maximum atomic E-state index is 12.6. The fraction of sp³-hybridized carbons (Fsp3) is 0.167. The number of carbonyl (C=O) groups is 1. The van der Waals surface area contributed by atoms with Gasteiger partial charge in [-0.3, -0.25) is 4.79 Å². The average molecular weight is 410 g/mol. The van der Waals surface area contributed by atoms with Crippen molar-refractivity contribution in [3.8, 4) is 11.5 Å². The number of aromatic amines is 1. The molecule has 7 nitrogen and oxygen atoms in total. The first-order valence-corrected chi connectivity index (χ1v) is 10.3. The molecule has 0 radical (unpaired) electrons. The highest BCUT2D eigenvalue weighted by Gasteiger charge is 2.20. The van der Waals surface area contributed by atoms with Crippen LogP contribution < -0.4 is 5.73 Å². The van der Waals surface area contributed by atoms with E-state index in [1.54, 1.807) is 6.20 Å². The minimum Gasteiger partial charge on any atom is -0.382 e. The van der Waals surface area contributed by atoms with E-state index in [0.717, 1.165) is 34.3 Å². The molecule has 2 aromatic carbocycles. The predicted molar refractivity (Wildman–Crippen MR) is 121 cm³/mol. The van der Waals surface area contributed by atoms with Gasteiger partial charge in [0.2, 0.25) is 5.91 Å². The zero-order chi connectivity index (χ0) is 21.2. The predicted octanol–water partition coefficient (Wildman–Crippen LogP) is 3.46. The molecule has 4 aromatic rings. The number of hydrogen-bond acceptors (Lipinski definition) is 5. The summed E-state index contributed by atoms with van der Waals surface area (Å²) in [7, 11) is 0. The first-order valence-electron chi connectivity index (χ1n) is 10.3. The Morgan fingerprint density at radius 1 is 1.06 bits per heavy atom. The Hall–Kier alpha value is -4.00. The number of benzene rings is 2. The van der Waals surface area contributed by atoms with Crippen LogP contribution in [0.3, 0.4) is 0 Å². The number of para-hydroxylation sites is 2. The highest BCUT2D eigenvalue weighted by molar-refractivity contribution is 5.82. The van der Waals surface area contributed by atoms with Crippen LogP contribution in [0.5, 0.6) is 0 Å². The smallest absolute Gasteiger partial charge is 0.227 e. The summed E-state index contributed by atoms with van der Waals surface area (Å²) in [5.74, 6) is 1.07. The molecule has 0 aliphatic carbocycles. The van der Waals surface area contributed by atoms with Crippen molar-refractivity contribution in [2.45, 2.75) is 12.8 Å². The number of nitrogens with zero attached hydrogens (tertiary/aromatic N) is 4. The molecule has 1 aliphatic heterocycles. The molecule has 0 spiro atoms. The molecule has 7 heteroatoms. The lowest BCUT2D eigenvalue weighted by molar-refractivity contribution is -0.130. The molecule has 1 aliphatic rings. The largest absolute Gasteiger partial charge is 0.382 e. The molecule has 5 rings (SSSR count). The van der Waals surface area contributed by atoms with E-state index in [4.69, 9.17) is 10.7 Å². The molecular formula is C24H22N6O. The van der Waals surface area contributed by atoms with Gasteiger partial charge in [0.1, 0.15) is 5.69 Å². The number of imidazole rings is 1. The summed E-state index contributed by atoms with van der Waals surface area (Å²) in [5.41, 5.74) is 11.3. The van der Waals surface area contributed by atoms with Gasteiger partial charge in [-0.05, 0) is 29.7 Å². The topological polar surface area (TPSA) is 101 Å². The van der Waals surface area contributed by atoms with Crippen LogP contribution in [-0.2, 0) is 11.2 Å². The molecule has 0 saturated carbocycles. The molecular weight excluding hydrogens is 388 g/mol. The zero-order valence-electron chi connectivity index (χ0n) is 17.0. The summed E-state index contributed by atoms with van der Waals surface area (Å²) in [6.07, 6.45) is 4.88. The SMILES string of the molecule is Nc1ncc(C2=CCN(C(=O)Cc3ccccc3)CC2)nc1-c1nc2ccccc2[nH]1. The summed E-state index contributed by atoms with van der Waals surface area (Å²) in [4.78, 5) is 31.4. The van der Waals surface area contributed by atoms with Crippen LogP contribution in [0.25, 0.3) is 28.1 Å². The number of hydrogen-bond donors (Lipinski definition) is 2. The lowest BCUT2D eigenvalue weighted by Crippen LogP contribution is -2.35. The summed E-state index contributed by atoms with van der Waals surface area (Å²) < 4.78 is 0. The monoisotopic (exact) mass is 410 g/mol. The Bertz CT molecular complexity index is 1240. The number of aromatic nitrogens is 4. The van der Waals surface area contributed by atoms with E-state index in [0.29, 0.717) is 36.8 Å². The van der Waals surface area contributed by atoms with Crippen molar-refractivity contribution in [1.82, 2.24) is 24.8 Å². The molecule has 3 heterocycles. The highest BCUT2D eigenvalue weighted by atomic mass is 16.2. The van der Waals surface area contributed by atoms with E-state index < -0.39 is 0 Å². The van der Waals surface area contributed by atoms with E-state index >= 15 is 0 Å². The lowest BCUT2D eigenvalue weighted by Gasteiger charge is -2.26. The standard InChI is InChI=1S/C24H22N6O/c25-23-22(24-28-18-8-4-5-9-19(18)29-24)27-20(15-26-23)17-10-12-30(13-11-17)21(31)14-16-6-2-1-3-7-16/h1-10,15H,11-14H2,(H2,25,26)(H,28,29). The van der Waals surface area contributed by atoms with Gasteiger partial charge in [0.15, 0.2) is 11.6 Å². The van der Waals surface area contributed by atoms with Crippen LogP contribution in [0, 0.1) is 0 Å². The molecule has 0 bridgehead atoms. The number of anilines is 1. The van der Waals surface area contributed by atoms with Gasteiger partial charge in [-0.1, -0.05) is 48.5 Å². The van der Waals surface area contributed by atoms with Crippen molar-refractivity contribution in [2.75, 3.05) is 18.8 Å². The summed E-state index contributed by atoms with van der Waals surface area (Å²) in [5, 5.41) is 0. The van der Waals surface area contributed by atoms with Crippen LogP contribution in [0.4, 0.5) is 5.82 Å². The molecule has 2 aromatic heterocycles. The van der Waals surface area contributed by atoms with E-state index in [9.17, 15) is 4.79 Å². The quantitative estimate of drug-likeness (QED) is 0.537. The van der Waals surface area contributed by atoms with E-state index in [1.807, 2.05) is 59.5 Å². The number of nitrogens with one attached hydrogen (secondary N) is 1. The average Bonchev–Trinajstić information content (AvgIpc) is 3.24. The molecule has 0 fully saturated rings. The highest BCUT2D eigenvalue weighted by Crippen LogP contribution is 2.27. The number of amides is 1.